The van der Waals surface area contributed by atoms with E-state index < -0.39 is 5.92 Å². The normalized spacial score (nSPS) is 30.2. The number of alkyl halides is 2. The van der Waals surface area contributed by atoms with Crippen molar-refractivity contribution in [1.29, 1.82) is 0 Å². The van der Waals surface area contributed by atoms with Crippen LogP contribution in [0.2, 0.25) is 0 Å². The van der Waals surface area contributed by atoms with Gasteiger partial charge in [0.15, 0.2) is 0 Å². The fraction of sp³-hybridized carbons (Fsp3) is 1.00. The molecule has 0 amide bonds. The zero-order valence-electron chi connectivity index (χ0n) is 9.93. The van der Waals surface area contributed by atoms with E-state index in [0.717, 1.165) is 0 Å². The average molecular weight is 231 g/mol. The molecule has 0 aromatic heterocycles. The minimum absolute atomic E-state index is 0.0537. The molecule has 1 nitrogen and oxygen atoms in total. The molecule has 0 radical (unpaired) electrons. The number of hydrogen-bond donors (Lipinski definition) is 1. The van der Waals surface area contributed by atoms with Gasteiger partial charge in [0.25, 0.3) is 0 Å². The Labute approximate surface area is 96.8 Å². The number of nitrogens with two attached hydrogens (primary N) is 1. The molecule has 2 aliphatic carbocycles. The summed E-state index contributed by atoms with van der Waals surface area (Å²) in [5.41, 5.74) is 6.27. The predicted molar refractivity (Wildman–Crippen MR) is 61.5 cm³/mol. The molecular formula is C13H23F2N. The fourth-order valence-corrected chi connectivity index (χ4v) is 3.35. The Hall–Kier alpha value is -0.180. The smallest absolute Gasteiger partial charge is 0.248 e. The summed E-state index contributed by atoms with van der Waals surface area (Å²) in [5.74, 6) is -1.46. The van der Waals surface area contributed by atoms with Crippen LogP contribution in [0.1, 0.15) is 57.8 Å². The van der Waals surface area contributed by atoms with Crippen molar-refractivity contribution >= 4 is 0 Å². The van der Waals surface area contributed by atoms with Gasteiger partial charge < -0.3 is 5.73 Å². The van der Waals surface area contributed by atoms with E-state index in [1.165, 1.54) is 32.1 Å². The Morgan fingerprint density at radius 2 is 1.38 bits per heavy atom. The van der Waals surface area contributed by atoms with E-state index >= 15 is 0 Å². The zero-order chi connectivity index (χ0) is 11.6. The Balaban J connectivity index is 1.83. The molecule has 2 fully saturated rings. The van der Waals surface area contributed by atoms with Gasteiger partial charge in [0.1, 0.15) is 0 Å². The molecule has 2 aliphatic rings. The van der Waals surface area contributed by atoms with E-state index in [0.29, 0.717) is 24.7 Å². The van der Waals surface area contributed by atoms with Crippen LogP contribution in [0.25, 0.3) is 0 Å². The van der Waals surface area contributed by atoms with Crippen LogP contribution in [-0.4, -0.2) is 12.0 Å². The topological polar surface area (TPSA) is 26.0 Å². The van der Waals surface area contributed by atoms with Gasteiger partial charge in [-0.15, -0.1) is 0 Å². The number of halogens is 2. The lowest BCUT2D eigenvalue weighted by Gasteiger charge is -2.37. The van der Waals surface area contributed by atoms with Crippen LogP contribution in [0.15, 0.2) is 0 Å². The largest absolute Gasteiger partial charge is 0.327 e. The van der Waals surface area contributed by atoms with Crippen molar-refractivity contribution in [2.24, 2.45) is 17.6 Å². The summed E-state index contributed by atoms with van der Waals surface area (Å²) in [6.07, 6.45) is 7.68. The van der Waals surface area contributed by atoms with E-state index in [-0.39, 0.29) is 18.9 Å². The SMILES string of the molecule is NC(C1CCCCC1)C1CCC(F)(F)CC1. The summed E-state index contributed by atoms with van der Waals surface area (Å²) in [6.45, 7) is 0. The highest BCUT2D eigenvalue weighted by Crippen LogP contribution is 2.40. The lowest BCUT2D eigenvalue weighted by molar-refractivity contribution is -0.0508. The van der Waals surface area contributed by atoms with E-state index in [4.69, 9.17) is 5.73 Å². The number of hydrogen-bond acceptors (Lipinski definition) is 1. The van der Waals surface area contributed by atoms with Gasteiger partial charge in [0, 0.05) is 18.9 Å². The highest BCUT2D eigenvalue weighted by atomic mass is 19.3. The quantitative estimate of drug-likeness (QED) is 0.770. The van der Waals surface area contributed by atoms with Crippen molar-refractivity contribution in [3.05, 3.63) is 0 Å². The maximum Gasteiger partial charge on any atom is 0.248 e. The third kappa shape index (κ3) is 2.93. The minimum atomic E-state index is -2.41. The maximum absolute atomic E-state index is 13.0. The molecule has 2 rings (SSSR count). The van der Waals surface area contributed by atoms with E-state index in [2.05, 4.69) is 0 Å². The van der Waals surface area contributed by atoms with Crippen LogP contribution in [-0.2, 0) is 0 Å². The Kier molecular flexibility index (Phi) is 3.83. The summed E-state index contributed by atoms with van der Waals surface area (Å²) in [7, 11) is 0. The van der Waals surface area contributed by atoms with E-state index in [1.54, 1.807) is 0 Å². The molecule has 1 atom stereocenters. The first-order valence-electron chi connectivity index (χ1n) is 6.72. The third-order valence-corrected chi connectivity index (χ3v) is 4.50. The molecule has 0 aromatic rings. The van der Waals surface area contributed by atoms with Crippen molar-refractivity contribution < 1.29 is 8.78 Å². The molecule has 0 heterocycles. The molecule has 94 valence electrons. The average Bonchev–Trinajstić information content (AvgIpc) is 2.29. The number of rotatable bonds is 2. The van der Waals surface area contributed by atoms with E-state index in [1.807, 2.05) is 0 Å². The van der Waals surface area contributed by atoms with Crippen molar-refractivity contribution in [2.75, 3.05) is 0 Å². The first kappa shape index (κ1) is 12.3. The van der Waals surface area contributed by atoms with Crippen LogP contribution in [0.5, 0.6) is 0 Å². The Morgan fingerprint density at radius 3 is 1.94 bits per heavy atom. The van der Waals surface area contributed by atoms with Crippen molar-refractivity contribution in [2.45, 2.75) is 69.8 Å². The van der Waals surface area contributed by atoms with Crippen LogP contribution in [0, 0.1) is 11.8 Å². The minimum Gasteiger partial charge on any atom is -0.327 e. The van der Waals surface area contributed by atoms with E-state index in [9.17, 15) is 8.78 Å². The van der Waals surface area contributed by atoms with Crippen LogP contribution < -0.4 is 5.73 Å². The molecule has 0 spiro atoms. The summed E-state index contributed by atoms with van der Waals surface area (Å²) < 4.78 is 26.1. The standard InChI is InChI=1S/C13H23F2N/c14-13(15)8-6-11(7-9-13)12(16)10-4-2-1-3-5-10/h10-12H,1-9,16H2. The van der Waals surface area contributed by atoms with Crippen LogP contribution in [0.4, 0.5) is 8.78 Å². The van der Waals surface area contributed by atoms with Crippen molar-refractivity contribution in [3.63, 3.8) is 0 Å². The van der Waals surface area contributed by atoms with Crippen LogP contribution >= 0.6 is 0 Å². The molecule has 0 aliphatic heterocycles. The highest BCUT2D eigenvalue weighted by Gasteiger charge is 2.38. The van der Waals surface area contributed by atoms with Gasteiger partial charge in [0.2, 0.25) is 5.92 Å². The molecule has 3 heteroatoms. The lowest BCUT2D eigenvalue weighted by atomic mass is 9.73. The molecular weight excluding hydrogens is 208 g/mol. The molecule has 0 saturated heterocycles. The monoisotopic (exact) mass is 231 g/mol. The Bertz CT molecular complexity index is 214. The fourth-order valence-electron chi connectivity index (χ4n) is 3.35. The second kappa shape index (κ2) is 4.99. The summed E-state index contributed by atoms with van der Waals surface area (Å²) in [5, 5.41) is 0. The molecule has 0 aromatic carbocycles. The molecule has 0 bridgehead atoms. The second-order valence-electron chi connectivity index (χ2n) is 5.67. The van der Waals surface area contributed by atoms with Gasteiger partial charge in [-0.3, -0.25) is 0 Å². The summed E-state index contributed by atoms with van der Waals surface area (Å²) in [6, 6.07) is 0.177. The van der Waals surface area contributed by atoms with Gasteiger partial charge in [-0.2, -0.15) is 0 Å². The predicted octanol–water partition coefficient (Wildman–Crippen LogP) is 3.72. The molecule has 16 heavy (non-hydrogen) atoms. The van der Waals surface area contributed by atoms with Gasteiger partial charge in [-0.1, -0.05) is 19.3 Å². The van der Waals surface area contributed by atoms with Gasteiger partial charge in [0.05, 0.1) is 0 Å². The highest BCUT2D eigenvalue weighted by molar-refractivity contribution is 4.87. The van der Waals surface area contributed by atoms with Crippen molar-refractivity contribution in [1.82, 2.24) is 0 Å². The van der Waals surface area contributed by atoms with Gasteiger partial charge >= 0.3 is 0 Å². The molecule has 2 N–H and O–H groups in total. The van der Waals surface area contributed by atoms with Gasteiger partial charge in [-0.25, -0.2) is 8.78 Å². The van der Waals surface area contributed by atoms with Gasteiger partial charge in [-0.05, 0) is 37.5 Å². The first-order valence-corrected chi connectivity index (χ1v) is 6.72. The Morgan fingerprint density at radius 1 is 0.875 bits per heavy atom. The lowest BCUT2D eigenvalue weighted by Crippen LogP contribution is -2.41. The summed E-state index contributed by atoms with van der Waals surface area (Å²) >= 11 is 0. The first-order chi connectivity index (χ1) is 7.58. The molecule has 1 unspecified atom stereocenters. The second-order valence-corrected chi connectivity index (χ2v) is 5.67. The third-order valence-electron chi connectivity index (χ3n) is 4.50. The summed E-state index contributed by atoms with van der Waals surface area (Å²) in [4.78, 5) is 0. The molecule has 2 saturated carbocycles. The van der Waals surface area contributed by atoms with Crippen molar-refractivity contribution in [3.8, 4) is 0 Å². The zero-order valence-corrected chi connectivity index (χ0v) is 9.93. The van der Waals surface area contributed by atoms with Crippen LogP contribution in [0.3, 0.4) is 0 Å². The maximum atomic E-state index is 13.0.